The second kappa shape index (κ2) is 5.62. The third-order valence-corrected chi connectivity index (χ3v) is 2.54. The van der Waals surface area contributed by atoms with Gasteiger partial charge in [0.15, 0.2) is 0 Å². The van der Waals surface area contributed by atoms with Crippen LogP contribution in [0.15, 0.2) is 36.4 Å². The van der Waals surface area contributed by atoms with Gasteiger partial charge in [-0.15, -0.1) is 0 Å². The minimum Gasteiger partial charge on any atom is -0.457 e. The summed E-state index contributed by atoms with van der Waals surface area (Å²) in [4.78, 5) is 9.63. The van der Waals surface area contributed by atoms with Crippen LogP contribution in [0.1, 0.15) is 5.56 Å². The van der Waals surface area contributed by atoms with Gasteiger partial charge in [0.25, 0.3) is 0 Å². The lowest BCUT2D eigenvalue weighted by Gasteiger charge is -2.09. The molecule has 2 aromatic rings. The highest BCUT2D eigenvalue weighted by molar-refractivity contribution is 5.42. The fraction of sp³-hybridized carbons (Fsp3) is 0.0769. The van der Waals surface area contributed by atoms with Crippen molar-refractivity contribution in [3.63, 3.8) is 0 Å². The standard InChI is InChI=1S/C13H9F2NO4/c14-9-1-4-13(8(5-9)7-17)20-10-2-3-12(16(18)19)11(15)6-10/h1-6,17H,7H2. The maximum absolute atomic E-state index is 13.4. The van der Waals surface area contributed by atoms with E-state index in [0.717, 1.165) is 24.3 Å². The molecular weight excluding hydrogens is 272 g/mol. The number of rotatable bonds is 4. The van der Waals surface area contributed by atoms with Crippen molar-refractivity contribution in [1.82, 2.24) is 0 Å². The molecule has 0 aliphatic rings. The van der Waals surface area contributed by atoms with Crippen LogP contribution in [0, 0.1) is 21.7 Å². The number of nitrogens with zero attached hydrogens (tertiary/aromatic N) is 1. The largest absolute Gasteiger partial charge is 0.457 e. The number of nitro benzene ring substituents is 1. The number of hydrogen-bond acceptors (Lipinski definition) is 4. The van der Waals surface area contributed by atoms with Gasteiger partial charge in [-0.1, -0.05) is 0 Å². The summed E-state index contributed by atoms with van der Waals surface area (Å²) in [5.74, 6) is -1.44. The van der Waals surface area contributed by atoms with Crippen LogP contribution in [0.5, 0.6) is 11.5 Å². The van der Waals surface area contributed by atoms with Crippen molar-refractivity contribution >= 4 is 5.69 Å². The Morgan fingerprint density at radius 1 is 1.20 bits per heavy atom. The molecule has 0 saturated carbocycles. The molecule has 0 spiro atoms. The molecule has 1 N–H and O–H groups in total. The van der Waals surface area contributed by atoms with Gasteiger partial charge in [0.2, 0.25) is 5.82 Å². The number of nitro groups is 1. The quantitative estimate of drug-likeness (QED) is 0.690. The molecule has 0 saturated heterocycles. The fourth-order valence-electron chi connectivity index (χ4n) is 1.60. The lowest BCUT2D eigenvalue weighted by Crippen LogP contribution is -1.95. The summed E-state index contributed by atoms with van der Waals surface area (Å²) in [5.41, 5.74) is -0.484. The third kappa shape index (κ3) is 2.89. The van der Waals surface area contributed by atoms with Crippen LogP contribution in [0.4, 0.5) is 14.5 Å². The number of aliphatic hydroxyl groups excluding tert-OH is 1. The second-order valence-electron chi connectivity index (χ2n) is 3.88. The monoisotopic (exact) mass is 281 g/mol. The van der Waals surface area contributed by atoms with Crippen LogP contribution in [-0.2, 0) is 6.61 Å². The molecule has 0 bridgehead atoms. The normalized spacial score (nSPS) is 10.3. The van der Waals surface area contributed by atoms with Gasteiger partial charge in [0, 0.05) is 17.7 Å². The fourth-order valence-corrected chi connectivity index (χ4v) is 1.60. The molecule has 104 valence electrons. The SMILES string of the molecule is O=[N+]([O-])c1ccc(Oc2ccc(F)cc2CO)cc1F. The highest BCUT2D eigenvalue weighted by Crippen LogP contribution is 2.29. The third-order valence-electron chi connectivity index (χ3n) is 2.54. The molecule has 0 fully saturated rings. The Kier molecular flexibility index (Phi) is 3.90. The molecule has 2 rings (SSSR count). The lowest BCUT2D eigenvalue weighted by atomic mass is 10.2. The van der Waals surface area contributed by atoms with Crippen LogP contribution in [-0.4, -0.2) is 10.0 Å². The predicted octanol–water partition coefficient (Wildman–Crippen LogP) is 3.16. The van der Waals surface area contributed by atoms with Crippen molar-refractivity contribution < 1.29 is 23.5 Å². The van der Waals surface area contributed by atoms with E-state index in [9.17, 15) is 18.9 Å². The highest BCUT2D eigenvalue weighted by Gasteiger charge is 2.15. The maximum Gasteiger partial charge on any atom is 0.305 e. The van der Waals surface area contributed by atoms with E-state index >= 15 is 0 Å². The van der Waals surface area contributed by atoms with E-state index < -0.39 is 28.9 Å². The Hall–Kier alpha value is -2.54. The Morgan fingerprint density at radius 3 is 2.55 bits per heavy atom. The second-order valence-corrected chi connectivity index (χ2v) is 3.88. The summed E-state index contributed by atoms with van der Waals surface area (Å²) >= 11 is 0. The average molecular weight is 281 g/mol. The summed E-state index contributed by atoms with van der Waals surface area (Å²) in [5, 5.41) is 19.6. The van der Waals surface area contributed by atoms with Crippen molar-refractivity contribution in [3.05, 3.63) is 63.7 Å². The minimum atomic E-state index is -1.04. The summed E-state index contributed by atoms with van der Waals surface area (Å²) < 4.78 is 31.7. The Balaban J connectivity index is 2.31. The maximum atomic E-state index is 13.4. The molecule has 0 aliphatic heterocycles. The zero-order valence-corrected chi connectivity index (χ0v) is 10.0. The zero-order valence-electron chi connectivity index (χ0n) is 10.0. The van der Waals surface area contributed by atoms with E-state index in [2.05, 4.69) is 0 Å². The summed E-state index contributed by atoms with van der Waals surface area (Å²) in [6.45, 7) is -0.456. The summed E-state index contributed by atoms with van der Waals surface area (Å²) in [7, 11) is 0. The van der Waals surface area contributed by atoms with Crippen molar-refractivity contribution in [2.24, 2.45) is 0 Å². The van der Waals surface area contributed by atoms with Gasteiger partial charge in [0.1, 0.15) is 17.3 Å². The van der Waals surface area contributed by atoms with E-state index in [1.165, 1.54) is 12.1 Å². The van der Waals surface area contributed by atoms with E-state index in [4.69, 9.17) is 9.84 Å². The lowest BCUT2D eigenvalue weighted by molar-refractivity contribution is -0.387. The summed E-state index contributed by atoms with van der Waals surface area (Å²) in [6, 6.07) is 6.51. The molecule has 0 atom stereocenters. The molecular formula is C13H9F2NO4. The number of benzene rings is 2. The molecule has 0 unspecified atom stereocenters. The van der Waals surface area contributed by atoms with Crippen LogP contribution in [0.2, 0.25) is 0 Å². The van der Waals surface area contributed by atoms with Crippen LogP contribution < -0.4 is 4.74 Å². The molecule has 0 aromatic heterocycles. The molecule has 20 heavy (non-hydrogen) atoms. The zero-order chi connectivity index (χ0) is 14.7. The first-order chi connectivity index (χ1) is 9.51. The Bertz CT molecular complexity index is 661. The number of hydrogen-bond donors (Lipinski definition) is 1. The van der Waals surface area contributed by atoms with E-state index in [1.54, 1.807) is 0 Å². The van der Waals surface area contributed by atoms with Gasteiger partial charge < -0.3 is 9.84 Å². The Morgan fingerprint density at radius 2 is 1.95 bits per heavy atom. The van der Waals surface area contributed by atoms with Crippen LogP contribution in [0.25, 0.3) is 0 Å². The first kappa shape index (κ1) is 13.9. The topological polar surface area (TPSA) is 72.6 Å². The van der Waals surface area contributed by atoms with Crippen LogP contribution in [0.3, 0.4) is 0 Å². The Labute approximate surface area is 112 Å². The minimum absolute atomic E-state index is 0.00871. The molecule has 0 aliphatic carbocycles. The van der Waals surface area contributed by atoms with Gasteiger partial charge in [-0.3, -0.25) is 10.1 Å². The van der Waals surface area contributed by atoms with Gasteiger partial charge in [-0.05, 0) is 24.3 Å². The van der Waals surface area contributed by atoms with Gasteiger partial charge in [-0.2, -0.15) is 4.39 Å². The highest BCUT2D eigenvalue weighted by atomic mass is 19.1. The smallest absolute Gasteiger partial charge is 0.305 e. The van der Waals surface area contributed by atoms with Gasteiger partial charge >= 0.3 is 5.69 Å². The molecule has 5 nitrogen and oxygen atoms in total. The summed E-state index contributed by atoms with van der Waals surface area (Å²) in [6.07, 6.45) is 0. The van der Waals surface area contributed by atoms with Crippen LogP contribution >= 0.6 is 0 Å². The number of aliphatic hydroxyl groups is 1. The van der Waals surface area contributed by atoms with E-state index in [0.29, 0.717) is 0 Å². The van der Waals surface area contributed by atoms with Crippen molar-refractivity contribution in [2.45, 2.75) is 6.61 Å². The van der Waals surface area contributed by atoms with E-state index in [-0.39, 0.29) is 17.1 Å². The number of halogens is 2. The molecule has 0 amide bonds. The van der Waals surface area contributed by atoms with E-state index in [1.807, 2.05) is 0 Å². The predicted molar refractivity (Wildman–Crippen MR) is 65.5 cm³/mol. The molecule has 0 radical (unpaired) electrons. The van der Waals surface area contributed by atoms with Gasteiger partial charge in [-0.25, -0.2) is 4.39 Å². The molecule has 7 heteroatoms. The van der Waals surface area contributed by atoms with Crippen molar-refractivity contribution in [3.8, 4) is 11.5 Å². The first-order valence-corrected chi connectivity index (χ1v) is 5.52. The van der Waals surface area contributed by atoms with Crippen molar-refractivity contribution in [1.29, 1.82) is 0 Å². The van der Waals surface area contributed by atoms with Gasteiger partial charge in [0.05, 0.1) is 11.5 Å². The molecule has 0 heterocycles. The molecule has 2 aromatic carbocycles. The van der Waals surface area contributed by atoms with Crippen molar-refractivity contribution in [2.75, 3.05) is 0 Å². The number of ether oxygens (including phenoxy) is 1. The first-order valence-electron chi connectivity index (χ1n) is 5.52. The average Bonchev–Trinajstić information content (AvgIpc) is 2.40.